The molecule has 1 aromatic carbocycles. The highest BCUT2D eigenvalue weighted by Gasteiger charge is 2.19. The number of aromatic amines is 1. The molecule has 7 heteroatoms. The number of nitrogens with zero attached hydrogens (tertiary/aromatic N) is 2. The first-order valence-electron chi connectivity index (χ1n) is 8.20. The van der Waals surface area contributed by atoms with Crippen molar-refractivity contribution < 1.29 is 13.9 Å². The Hall–Kier alpha value is -3.74. The van der Waals surface area contributed by atoms with Crippen molar-refractivity contribution in [3.63, 3.8) is 0 Å². The number of carbonyl (C=O) groups excluding carboxylic acids is 1. The maximum atomic E-state index is 13.7. The zero-order chi connectivity index (χ0) is 19.0. The van der Waals surface area contributed by atoms with Gasteiger partial charge in [-0.25, -0.2) is 14.4 Å². The molecule has 4 rings (SSSR count). The molecule has 0 atom stereocenters. The van der Waals surface area contributed by atoms with Crippen molar-refractivity contribution in [1.29, 1.82) is 0 Å². The van der Waals surface area contributed by atoms with E-state index in [9.17, 15) is 9.18 Å². The number of carbonyl (C=O) groups is 1. The number of benzene rings is 1. The van der Waals surface area contributed by atoms with Gasteiger partial charge in [0.2, 0.25) is 5.88 Å². The van der Waals surface area contributed by atoms with Gasteiger partial charge in [0.25, 0.3) is 0 Å². The number of rotatable bonds is 4. The molecule has 27 heavy (non-hydrogen) atoms. The minimum absolute atomic E-state index is 0.0685. The van der Waals surface area contributed by atoms with Crippen molar-refractivity contribution in [2.24, 2.45) is 0 Å². The highest BCUT2D eigenvalue weighted by atomic mass is 19.1. The van der Waals surface area contributed by atoms with Crippen LogP contribution in [0.5, 0.6) is 11.6 Å². The Morgan fingerprint density at radius 2 is 2.00 bits per heavy atom. The third-order valence-corrected chi connectivity index (χ3v) is 4.23. The molecule has 0 aliphatic heterocycles. The number of nitrogens with two attached hydrogens (primary N) is 1. The highest BCUT2D eigenvalue weighted by Crippen LogP contribution is 2.28. The van der Waals surface area contributed by atoms with Crippen molar-refractivity contribution in [3.05, 3.63) is 77.5 Å². The summed E-state index contributed by atoms with van der Waals surface area (Å²) < 4.78 is 19.2. The highest BCUT2D eigenvalue weighted by molar-refractivity contribution is 6.18. The SMILES string of the molecule is Cc1cc(Oc2ccccc2F)ncc1C(=O)c1c[nH]c2nccc(N)c12. The fourth-order valence-electron chi connectivity index (χ4n) is 2.87. The van der Waals surface area contributed by atoms with Crippen LogP contribution in [0.2, 0.25) is 0 Å². The van der Waals surface area contributed by atoms with Crippen LogP contribution < -0.4 is 10.5 Å². The monoisotopic (exact) mass is 362 g/mol. The molecular formula is C20H15FN4O2. The zero-order valence-electron chi connectivity index (χ0n) is 14.4. The van der Waals surface area contributed by atoms with Crippen LogP contribution in [-0.2, 0) is 0 Å². The molecule has 4 aromatic rings. The number of ether oxygens (including phenoxy) is 1. The number of aromatic nitrogens is 3. The number of pyridine rings is 2. The number of para-hydroxylation sites is 1. The molecule has 134 valence electrons. The maximum Gasteiger partial charge on any atom is 0.219 e. The average Bonchev–Trinajstić information content (AvgIpc) is 3.09. The summed E-state index contributed by atoms with van der Waals surface area (Å²) in [5.74, 6) is -0.449. The second kappa shape index (κ2) is 6.53. The Morgan fingerprint density at radius 1 is 1.19 bits per heavy atom. The fraction of sp³-hybridized carbons (Fsp3) is 0.0500. The van der Waals surface area contributed by atoms with Gasteiger partial charge in [-0.2, -0.15) is 0 Å². The Balaban J connectivity index is 1.68. The molecule has 0 amide bonds. The van der Waals surface area contributed by atoms with Crippen LogP contribution in [-0.4, -0.2) is 20.7 Å². The standard InChI is InChI=1S/C20H15FN4O2/c1-11-8-17(27-16-5-3-2-4-14(16)21)24-9-12(11)19(26)13-10-25-20-18(13)15(22)6-7-23-20/h2-10H,1H3,(H3,22,23,25). The zero-order valence-corrected chi connectivity index (χ0v) is 14.4. The van der Waals surface area contributed by atoms with Crippen LogP contribution in [0.25, 0.3) is 11.0 Å². The lowest BCUT2D eigenvalue weighted by Gasteiger charge is -2.09. The molecule has 0 aliphatic carbocycles. The number of aryl methyl sites for hydroxylation is 1. The van der Waals surface area contributed by atoms with Gasteiger partial charge in [-0.05, 0) is 30.7 Å². The van der Waals surface area contributed by atoms with Gasteiger partial charge in [-0.15, -0.1) is 0 Å². The Labute approximate surface area is 153 Å². The summed E-state index contributed by atoms with van der Waals surface area (Å²) in [6.45, 7) is 1.76. The number of halogens is 1. The van der Waals surface area contributed by atoms with E-state index < -0.39 is 5.82 Å². The summed E-state index contributed by atoms with van der Waals surface area (Å²) in [7, 11) is 0. The fourth-order valence-corrected chi connectivity index (χ4v) is 2.87. The van der Waals surface area contributed by atoms with Gasteiger partial charge in [0.15, 0.2) is 17.3 Å². The third-order valence-electron chi connectivity index (χ3n) is 4.23. The number of nitrogen functional groups attached to an aromatic ring is 1. The molecule has 3 heterocycles. The van der Waals surface area contributed by atoms with E-state index in [1.165, 1.54) is 18.3 Å². The molecule has 0 saturated carbocycles. The van der Waals surface area contributed by atoms with E-state index in [4.69, 9.17) is 10.5 Å². The van der Waals surface area contributed by atoms with Gasteiger partial charge in [0, 0.05) is 35.9 Å². The molecule has 3 aromatic heterocycles. The lowest BCUT2D eigenvalue weighted by Crippen LogP contribution is -2.05. The van der Waals surface area contributed by atoms with Gasteiger partial charge in [-0.1, -0.05) is 12.1 Å². The van der Waals surface area contributed by atoms with E-state index in [2.05, 4.69) is 15.0 Å². The summed E-state index contributed by atoms with van der Waals surface area (Å²) >= 11 is 0. The minimum atomic E-state index is -0.487. The van der Waals surface area contributed by atoms with Crippen LogP contribution in [0.15, 0.2) is 55.0 Å². The van der Waals surface area contributed by atoms with Gasteiger partial charge in [0.1, 0.15) is 5.65 Å². The number of ketones is 1. The van der Waals surface area contributed by atoms with Crippen LogP contribution in [0.1, 0.15) is 21.5 Å². The molecule has 0 bridgehead atoms. The van der Waals surface area contributed by atoms with Crippen LogP contribution in [0.3, 0.4) is 0 Å². The second-order valence-corrected chi connectivity index (χ2v) is 6.03. The minimum Gasteiger partial charge on any atom is -0.436 e. The summed E-state index contributed by atoms with van der Waals surface area (Å²) in [5.41, 5.74) is 8.48. The maximum absolute atomic E-state index is 13.7. The van der Waals surface area contributed by atoms with Crippen LogP contribution in [0.4, 0.5) is 10.1 Å². The van der Waals surface area contributed by atoms with E-state index in [-0.39, 0.29) is 17.4 Å². The molecule has 3 N–H and O–H groups in total. The van der Waals surface area contributed by atoms with Gasteiger partial charge in [-0.3, -0.25) is 4.79 Å². The van der Waals surface area contributed by atoms with Crippen molar-refractivity contribution in [1.82, 2.24) is 15.0 Å². The van der Waals surface area contributed by atoms with Crippen LogP contribution in [0, 0.1) is 12.7 Å². The largest absolute Gasteiger partial charge is 0.436 e. The number of hydrogen-bond donors (Lipinski definition) is 2. The normalized spacial score (nSPS) is 10.9. The first kappa shape index (κ1) is 16.7. The number of hydrogen-bond acceptors (Lipinski definition) is 5. The average molecular weight is 362 g/mol. The smallest absolute Gasteiger partial charge is 0.219 e. The number of fused-ring (bicyclic) bond motifs is 1. The quantitative estimate of drug-likeness (QED) is 0.535. The van der Waals surface area contributed by atoms with Gasteiger partial charge >= 0.3 is 0 Å². The first-order valence-corrected chi connectivity index (χ1v) is 8.20. The van der Waals surface area contributed by atoms with Crippen molar-refractivity contribution in [2.75, 3.05) is 5.73 Å². The van der Waals surface area contributed by atoms with Gasteiger partial charge in [0.05, 0.1) is 10.9 Å². The summed E-state index contributed by atoms with van der Waals surface area (Å²) in [5, 5.41) is 0.577. The number of anilines is 1. The number of nitrogens with one attached hydrogen (secondary N) is 1. The van der Waals surface area contributed by atoms with Gasteiger partial charge < -0.3 is 15.5 Å². The van der Waals surface area contributed by atoms with E-state index in [1.807, 2.05) is 0 Å². The Bertz CT molecular complexity index is 1170. The van der Waals surface area contributed by atoms with Crippen LogP contribution >= 0.6 is 0 Å². The first-order chi connectivity index (χ1) is 13.0. The lowest BCUT2D eigenvalue weighted by atomic mass is 10.0. The van der Waals surface area contributed by atoms with Crippen molar-refractivity contribution >= 4 is 22.5 Å². The predicted molar refractivity (Wildman–Crippen MR) is 99.4 cm³/mol. The topological polar surface area (TPSA) is 93.9 Å². The molecular weight excluding hydrogens is 347 g/mol. The third kappa shape index (κ3) is 2.99. The predicted octanol–water partition coefficient (Wildman–Crippen LogP) is 4.01. The van der Waals surface area contributed by atoms with Crippen molar-refractivity contribution in [3.8, 4) is 11.6 Å². The molecule has 0 radical (unpaired) electrons. The van der Waals surface area contributed by atoms with E-state index in [0.29, 0.717) is 33.4 Å². The molecule has 0 unspecified atom stereocenters. The van der Waals surface area contributed by atoms with E-state index in [0.717, 1.165) is 0 Å². The molecule has 6 nitrogen and oxygen atoms in total. The molecule has 0 spiro atoms. The summed E-state index contributed by atoms with van der Waals surface area (Å²) in [4.78, 5) is 24.2. The number of H-pyrrole nitrogens is 1. The van der Waals surface area contributed by atoms with E-state index in [1.54, 1.807) is 43.6 Å². The lowest BCUT2D eigenvalue weighted by molar-refractivity contribution is 0.103. The molecule has 0 fully saturated rings. The summed E-state index contributed by atoms with van der Waals surface area (Å²) in [6, 6.07) is 9.28. The van der Waals surface area contributed by atoms with E-state index >= 15 is 0 Å². The summed E-state index contributed by atoms with van der Waals surface area (Å²) in [6.07, 6.45) is 4.57. The Kier molecular flexibility index (Phi) is 4.04. The Morgan fingerprint density at radius 3 is 2.78 bits per heavy atom. The molecule has 0 saturated heterocycles. The second-order valence-electron chi connectivity index (χ2n) is 6.03. The van der Waals surface area contributed by atoms with Crippen molar-refractivity contribution in [2.45, 2.75) is 6.92 Å². The molecule has 0 aliphatic rings.